The first kappa shape index (κ1) is 14.5. The van der Waals surface area contributed by atoms with Crippen LogP contribution in [0, 0.1) is 5.82 Å². The number of hydrogen-bond acceptors (Lipinski definition) is 2. The fourth-order valence-corrected chi connectivity index (χ4v) is 1.71. The second kappa shape index (κ2) is 6.50. The Balaban J connectivity index is 2.01. The van der Waals surface area contributed by atoms with Crippen molar-refractivity contribution >= 4 is 41.0 Å². The van der Waals surface area contributed by atoms with Crippen molar-refractivity contribution < 1.29 is 9.18 Å². The van der Waals surface area contributed by atoms with Gasteiger partial charge >= 0.3 is 0 Å². The summed E-state index contributed by atoms with van der Waals surface area (Å²) in [6.45, 7) is 0. The first-order chi connectivity index (χ1) is 9.54. The minimum atomic E-state index is -0.501. The molecule has 102 valence electrons. The molecule has 0 radical (unpaired) electrons. The van der Waals surface area contributed by atoms with Gasteiger partial charge < -0.3 is 5.32 Å². The van der Waals surface area contributed by atoms with Crippen LogP contribution in [0.25, 0.3) is 6.08 Å². The Labute approximate surface area is 125 Å². The average Bonchev–Trinajstić information content (AvgIpc) is 2.43. The molecule has 1 aromatic carbocycles. The quantitative estimate of drug-likeness (QED) is 0.864. The monoisotopic (exact) mass is 310 g/mol. The van der Waals surface area contributed by atoms with Crippen molar-refractivity contribution in [2.24, 2.45) is 0 Å². The lowest BCUT2D eigenvalue weighted by atomic mass is 10.2. The molecule has 20 heavy (non-hydrogen) atoms. The third-order valence-corrected chi connectivity index (χ3v) is 2.86. The normalized spacial score (nSPS) is 10.8. The van der Waals surface area contributed by atoms with E-state index in [-0.39, 0.29) is 10.9 Å². The van der Waals surface area contributed by atoms with Crippen LogP contribution < -0.4 is 5.32 Å². The number of hydrogen-bond donors (Lipinski definition) is 1. The summed E-state index contributed by atoms with van der Waals surface area (Å²) in [4.78, 5) is 15.6. The molecule has 1 amide bonds. The highest BCUT2D eigenvalue weighted by Crippen LogP contribution is 2.17. The van der Waals surface area contributed by atoms with Gasteiger partial charge in [0.05, 0.1) is 10.0 Å². The fraction of sp³-hybridized carbons (Fsp3) is 0. The number of pyridine rings is 1. The van der Waals surface area contributed by atoms with Gasteiger partial charge in [-0.05, 0) is 35.9 Å². The summed E-state index contributed by atoms with van der Waals surface area (Å²) >= 11 is 11.3. The Kier molecular flexibility index (Phi) is 4.71. The highest BCUT2D eigenvalue weighted by atomic mass is 35.5. The van der Waals surface area contributed by atoms with Gasteiger partial charge in [-0.3, -0.25) is 4.79 Å². The van der Waals surface area contributed by atoms with Crippen molar-refractivity contribution in [3.8, 4) is 0 Å². The molecule has 0 atom stereocenters. The number of aromatic nitrogens is 1. The van der Waals surface area contributed by atoms with E-state index < -0.39 is 5.82 Å². The van der Waals surface area contributed by atoms with Crippen molar-refractivity contribution in [1.29, 1.82) is 0 Å². The smallest absolute Gasteiger partial charge is 0.249 e. The predicted octanol–water partition coefficient (Wildman–Crippen LogP) is 4.18. The molecule has 0 unspecified atom stereocenters. The van der Waals surface area contributed by atoms with E-state index in [9.17, 15) is 9.18 Å². The fourth-order valence-electron chi connectivity index (χ4n) is 1.41. The molecule has 0 aliphatic carbocycles. The molecule has 0 saturated heterocycles. The van der Waals surface area contributed by atoms with Crippen LogP contribution in [0.15, 0.2) is 42.6 Å². The SMILES string of the molecule is O=C(/C=C/c1ccc(F)c(Cl)c1)Nc1ccc(Cl)cn1. The van der Waals surface area contributed by atoms with E-state index in [1.54, 1.807) is 12.1 Å². The molecule has 1 aromatic heterocycles. The largest absolute Gasteiger partial charge is 0.307 e. The Morgan fingerprint density at radius 2 is 2.05 bits per heavy atom. The van der Waals surface area contributed by atoms with Gasteiger partial charge in [0.1, 0.15) is 11.6 Å². The zero-order chi connectivity index (χ0) is 14.5. The first-order valence-corrected chi connectivity index (χ1v) is 6.36. The molecule has 0 spiro atoms. The highest BCUT2D eigenvalue weighted by Gasteiger charge is 2.01. The summed E-state index contributed by atoms with van der Waals surface area (Å²) in [6, 6.07) is 7.39. The van der Waals surface area contributed by atoms with Gasteiger partial charge in [0.25, 0.3) is 0 Å². The second-order valence-electron chi connectivity index (χ2n) is 3.86. The van der Waals surface area contributed by atoms with Crippen molar-refractivity contribution in [1.82, 2.24) is 4.98 Å². The van der Waals surface area contributed by atoms with Crippen LogP contribution in [0.4, 0.5) is 10.2 Å². The molecule has 6 heteroatoms. The summed E-state index contributed by atoms with van der Waals surface area (Å²) in [5.74, 6) is -0.472. The molecule has 0 aliphatic rings. The molecule has 0 saturated carbocycles. The lowest BCUT2D eigenvalue weighted by Crippen LogP contribution is -2.08. The van der Waals surface area contributed by atoms with Gasteiger partial charge in [-0.1, -0.05) is 29.3 Å². The molecule has 0 fully saturated rings. The zero-order valence-electron chi connectivity index (χ0n) is 10.1. The van der Waals surface area contributed by atoms with Crippen LogP contribution in [-0.4, -0.2) is 10.9 Å². The average molecular weight is 311 g/mol. The van der Waals surface area contributed by atoms with E-state index in [2.05, 4.69) is 10.3 Å². The van der Waals surface area contributed by atoms with Gasteiger partial charge in [-0.25, -0.2) is 9.37 Å². The van der Waals surface area contributed by atoms with Gasteiger partial charge in [0.2, 0.25) is 5.91 Å². The Bertz CT molecular complexity index is 657. The van der Waals surface area contributed by atoms with Crippen LogP contribution >= 0.6 is 23.2 Å². The van der Waals surface area contributed by atoms with Gasteiger partial charge in [-0.15, -0.1) is 0 Å². The van der Waals surface area contributed by atoms with Crippen molar-refractivity contribution in [2.75, 3.05) is 5.32 Å². The van der Waals surface area contributed by atoms with E-state index in [0.29, 0.717) is 16.4 Å². The molecule has 3 nitrogen and oxygen atoms in total. The molecule has 2 rings (SSSR count). The number of halogens is 3. The maximum Gasteiger partial charge on any atom is 0.249 e. The van der Waals surface area contributed by atoms with Gasteiger partial charge in [-0.2, -0.15) is 0 Å². The standard InChI is InChI=1S/C14H9Cl2FN2O/c15-10-3-5-13(18-8-10)19-14(20)6-2-9-1-4-12(17)11(16)7-9/h1-8H,(H,18,19,20)/b6-2+. The second-order valence-corrected chi connectivity index (χ2v) is 4.70. The number of benzene rings is 1. The van der Waals surface area contributed by atoms with Crippen molar-refractivity contribution in [3.05, 3.63) is 64.0 Å². The molecular formula is C14H9Cl2FN2O. The Morgan fingerprint density at radius 1 is 1.25 bits per heavy atom. The summed E-state index contributed by atoms with van der Waals surface area (Å²) in [5, 5.41) is 3.05. The van der Waals surface area contributed by atoms with Crippen LogP contribution in [0.1, 0.15) is 5.56 Å². The van der Waals surface area contributed by atoms with Gasteiger partial charge in [0.15, 0.2) is 0 Å². The predicted molar refractivity (Wildman–Crippen MR) is 78.3 cm³/mol. The minimum absolute atomic E-state index is 0.00641. The zero-order valence-corrected chi connectivity index (χ0v) is 11.6. The van der Waals surface area contributed by atoms with Crippen molar-refractivity contribution in [2.45, 2.75) is 0 Å². The summed E-state index contributed by atoms with van der Waals surface area (Å²) in [5.41, 5.74) is 0.621. The molecule has 0 bridgehead atoms. The number of anilines is 1. The third-order valence-electron chi connectivity index (χ3n) is 2.35. The lowest BCUT2D eigenvalue weighted by molar-refractivity contribution is -0.111. The topological polar surface area (TPSA) is 42.0 Å². The molecule has 2 aromatic rings. The van der Waals surface area contributed by atoms with E-state index >= 15 is 0 Å². The maximum absolute atomic E-state index is 13.0. The summed E-state index contributed by atoms with van der Waals surface area (Å²) in [7, 11) is 0. The number of rotatable bonds is 3. The molecule has 1 N–H and O–H groups in total. The van der Waals surface area contributed by atoms with Crippen LogP contribution in [-0.2, 0) is 4.79 Å². The molecule has 0 aliphatic heterocycles. The number of carbonyl (C=O) groups is 1. The molecular weight excluding hydrogens is 302 g/mol. The Hall–Kier alpha value is -1.91. The van der Waals surface area contributed by atoms with Crippen LogP contribution in [0.3, 0.4) is 0 Å². The van der Waals surface area contributed by atoms with E-state index in [1.165, 1.54) is 36.5 Å². The van der Waals surface area contributed by atoms with E-state index in [1.807, 2.05) is 0 Å². The number of nitrogens with zero attached hydrogens (tertiary/aromatic N) is 1. The van der Waals surface area contributed by atoms with Crippen LogP contribution in [0.2, 0.25) is 10.0 Å². The number of nitrogens with one attached hydrogen (secondary N) is 1. The van der Waals surface area contributed by atoms with E-state index in [4.69, 9.17) is 23.2 Å². The summed E-state index contributed by atoms with van der Waals surface area (Å²) in [6.07, 6.45) is 4.26. The third kappa shape index (κ3) is 4.05. The Morgan fingerprint density at radius 3 is 2.70 bits per heavy atom. The minimum Gasteiger partial charge on any atom is -0.307 e. The van der Waals surface area contributed by atoms with Gasteiger partial charge in [0, 0.05) is 12.3 Å². The maximum atomic E-state index is 13.0. The van der Waals surface area contributed by atoms with Crippen molar-refractivity contribution in [3.63, 3.8) is 0 Å². The lowest BCUT2D eigenvalue weighted by Gasteiger charge is -2.00. The highest BCUT2D eigenvalue weighted by molar-refractivity contribution is 6.31. The number of carbonyl (C=O) groups excluding carboxylic acids is 1. The molecule has 1 heterocycles. The number of amides is 1. The van der Waals surface area contributed by atoms with Crippen LogP contribution in [0.5, 0.6) is 0 Å². The van der Waals surface area contributed by atoms with E-state index in [0.717, 1.165) is 0 Å². The first-order valence-electron chi connectivity index (χ1n) is 5.60. The summed E-state index contributed by atoms with van der Waals surface area (Å²) < 4.78 is 13.0.